The van der Waals surface area contributed by atoms with Gasteiger partial charge in [0.1, 0.15) is 0 Å². The third kappa shape index (κ3) is 2.98. The first kappa shape index (κ1) is 19.2. The van der Waals surface area contributed by atoms with Crippen LogP contribution in [0.4, 0.5) is 32.0 Å². The predicted octanol–water partition coefficient (Wildman–Crippen LogP) is 4.75. The van der Waals surface area contributed by atoms with Gasteiger partial charge in [0.05, 0.1) is 0 Å². The van der Waals surface area contributed by atoms with Gasteiger partial charge in [-0.15, -0.1) is 0 Å². The lowest BCUT2D eigenvalue weighted by molar-refractivity contribution is -0.315. The molecule has 2 nitrogen and oxygen atoms in total. The number of nitrogen functional groups attached to an aromatic ring is 1. The largest absolute Gasteiger partial charge is 0.407 e. The number of rotatable bonds is 2. The van der Waals surface area contributed by atoms with Crippen molar-refractivity contribution in [3.05, 3.63) is 52.7 Å². The van der Waals surface area contributed by atoms with Crippen LogP contribution in [0.25, 0.3) is 0 Å². The van der Waals surface area contributed by atoms with E-state index < -0.39 is 35.7 Å². The summed E-state index contributed by atoms with van der Waals surface area (Å²) in [4.78, 5) is 0. The first-order chi connectivity index (χ1) is 11.3. The van der Waals surface area contributed by atoms with Crippen LogP contribution in [0.15, 0.2) is 41.6 Å². The molecule has 0 aliphatic heterocycles. The van der Waals surface area contributed by atoms with Crippen molar-refractivity contribution in [2.75, 3.05) is 5.73 Å². The fourth-order valence-corrected chi connectivity index (χ4v) is 3.14. The van der Waals surface area contributed by atoms with Crippen LogP contribution in [0.5, 0.6) is 0 Å². The molecule has 0 heterocycles. The van der Waals surface area contributed by atoms with Gasteiger partial charge in [-0.1, -0.05) is 24.3 Å². The Labute approximate surface area is 141 Å². The molecule has 1 aromatic rings. The summed E-state index contributed by atoms with van der Waals surface area (Å²) in [6, 6.07) is 2.75. The van der Waals surface area contributed by atoms with Crippen LogP contribution in [-0.4, -0.2) is 12.4 Å². The van der Waals surface area contributed by atoms with Crippen LogP contribution < -0.4 is 11.5 Å². The molecule has 1 aliphatic rings. The van der Waals surface area contributed by atoms with Gasteiger partial charge in [0.2, 0.25) is 0 Å². The van der Waals surface area contributed by atoms with E-state index in [1.807, 2.05) is 0 Å². The Bertz CT molecular complexity index is 714. The molecule has 1 aliphatic carbocycles. The summed E-state index contributed by atoms with van der Waals surface area (Å²) < 4.78 is 83.7. The highest BCUT2D eigenvalue weighted by atomic mass is 19.4. The predicted molar refractivity (Wildman–Crippen MR) is 83.5 cm³/mol. The number of anilines is 1. The molecule has 0 amide bonds. The van der Waals surface area contributed by atoms with Crippen molar-refractivity contribution in [1.82, 2.24) is 0 Å². The summed E-state index contributed by atoms with van der Waals surface area (Å²) in [7, 11) is 0. The van der Waals surface area contributed by atoms with Crippen molar-refractivity contribution in [1.29, 1.82) is 0 Å². The average Bonchev–Trinajstić information content (AvgIpc) is 2.44. The van der Waals surface area contributed by atoms with Gasteiger partial charge < -0.3 is 11.5 Å². The summed E-state index contributed by atoms with van der Waals surface area (Å²) in [6.07, 6.45) is -9.59. The van der Waals surface area contributed by atoms with E-state index in [1.54, 1.807) is 0 Å². The van der Waals surface area contributed by atoms with Crippen LogP contribution in [0.2, 0.25) is 0 Å². The molecular formula is C17H18F6N2. The van der Waals surface area contributed by atoms with Gasteiger partial charge in [0.15, 0.2) is 5.41 Å². The molecule has 0 aromatic heterocycles. The molecule has 2 rings (SSSR count). The molecule has 25 heavy (non-hydrogen) atoms. The van der Waals surface area contributed by atoms with E-state index >= 15 is 0 Å². The van der Waals surface area contributed by atoms with Crippen molar-refractivity contribution in [3.8, 4) is 0 Å². The molecule has 0 radical (unpaired) electrons. The third-order valence-electron chi connectivity index (χ3n) is 4.71. The molecule has 8 heteroatoms. The van der Waals surface area contributed by atoms with Crippen molar-refractivity contribution >= 4 is 5.69 Å². The van der Waals surface area contributed by atoms with Gasteiger partial charge in [0.25, 0.3) is 0 Å². The molecule has 0 fully saturated rings. The highest BCUT2D eigenvalue weighted by molar-refractivity contribution is 5.52. The van der Waals surface area contributed by atoms with E-state index in [4.69, 9.17) is 11.5 Å². The number of halogens is 6. The second-order valence-corrected chi connectivity index (χ2v) is 6.25. The molecule has 0 bridgehead atoms. The summed E-state index contributed by atoms with van der Waals surface area (Å²) in [5, 5.41) is 0. The minimum absolute atomic E-state index is 0.00505. The third-order valence-corrected chi connectivity index (χ3v) is 4.71. The first-order valence-electron chi connectivity index (χ1n) is 7.46. The molecular weight excluding hydrogens is 346 g/mol. The average molecular weight is 364 g/mol. The topological polar surface area (TPSA) is 52.0 Å². The van der Waals surface area contributed by atoms with Gasteiger partial charge in [-0.05, 0) is 43.0 Å². The van der Waals surface area contributed by atoms with Crippen LogP contribution in [0, 0.1) is 12.8 Å². The van der Waals surface area contributed by atoms with Crippen LogP contribution in [0.1, 0.15) is 24.5 Å². The van der Waals surface area contributed by atoms with E-state index in [9.17, 15) is 26.3 Å². The molecule has 0 saturated heterocycles. The Balaban J connectivity index is 2.79. The monoisotopic (exact) mass is 364 g/mol. The second kappa shape index (κ2) is 6.00. The Morgan fingerprint density at radius 2 is 1.52 bits per heavy atom. The van der Waals surface area contributed by atoms with Crippen molar-refractivity contribution in [2.24, 2.45) is 11.7 Å². The van der Waals surface area contributed by atoms with Crippen LogP contribution >= 0.6 is 0 Å². The number of hydrogen-bond acceptors (Lipinski definition) is 2. The van der Waals surface area contributed by atoms with Crippen LogP contribution in [-0.2, 0) is 5.41 Å². The SMILES string of the molecule is CC1=C(N)CC(C(c2ccc(C)c(N)c2)(C(F)(F)F)C(F)(F)F)C=C1. The van der Waals surface area contributed by atoms with Gasteiger partial charge in [0, 0.05) is 17.3 Å². The molecule has 1 atom stereocenters. The maximum Gasteiger partial charge on any atom is 0.407 e. The zero-order valence-electron chi connectivity index (χ0n) is 13.6. The Morgan fingerprint density at radius 1 is 0.960 bits per heavy atom. The second-order valence-electron chi connectivity index (χ2n) is 6.25. The number of allylic oxidation sites excluding steroid dienone is 4. The molecule has 138 valence electrons. The smallest absolute Gasteiger partial charge is 0.402 e. The number of alkyl halides is 6. The van der Waals surface area contributed by atoms with Gasteiger partial charge in [-0.25, -0.2) is 0 Å². The molecule has 1 aromatic carbocycles. The van der Waals surface area contributed by atoms with Crippen molar-refractivity contribution in [2.45, 2.75) is 38.0 Å². The number of hydrogen-bond donors (Lipinski definition) is 2. The Morgan fingerprint density at radius 3 is 1.96 bits per heavy atom. The fraction of sp³-hybridized carbons (Fsp3) is 0.412. The maximum atomic E-state index is 13.9. The van der Waals surface area contributed by atoms with Crippen LogP contribution in [0.3, 0.4) is 0 Å². The van der Waals surface area contributed by atoms with E-state index in [-0.39, 0.29) is 11.4 Å². The van der Waals surface area contributed by atoms with E-state index in [2.05, 4.69) is 0 Å². The highest BCUT2D eigenvalue weighted by Gasteiger charge is 2.74. The maximum absolute atomic E-state index is 13.9. The zero-order chi connectivity index (χ0) is 19.2. The standard InChI is InChI=1S/C17H18F6N2/c1-9-3-5-11(7-13(9)24)15(16(18,19)20,17(21,22)23)12-6-4-10(2)14(25)8-12/h3-7,12H,8,24-25H2,1-2H3. The van der Waals surface area contributed by atoms with Crippen molar-refractivity contribution in [3.63, 3.8) is 0 Å². The molecule has 0 spiro atoms. The minimum Gasteiger partial charge on any atom is -0.402 e. The van der Waals surface area contributed by atoms with Crippen molar-refractivity contribution < 1.29 is 26.3 Å². The quantitative estimate of drug-likeness (QED) is 0.588. The molecule has 1 unspecified atom stereocenters. The lowest BCUT2D eigenvalue weighted by atomic mass is 9.65. The van der Waals surface area contributed by atoms with E-state index in [0.717, 1.165) is 24.3 Å². The van der Waals surface area contributed by atoms with Gasteiger partial charge >= 0.3 is 12.4 Å². The summed E-state index contributed by atoms with van der Waals surface area (Å²) in [5.74, 6) is -1.92. The molecule has 4 N–H and O–H groups in total. The number of benzene rings is 1. The summed E-state index contributed by atoms with van der Waals surface area (Å²) in [5.41, 5.74) is 6.95. The van der Waals surface area contributed by atoms with E-state index in [1.165, 1.54) is 19.9 Å². The van der Waals surface area contributed by atoms with E-state index in [0.29, 0.717) is 11.1 Å². The van der Waals surface area contributed by atoms with Gasteiger partial charge in [-0.2, -0.15) is 26.3 Å². The summed E-state index contributed by atoms with van der Waals surface area (Å²) >= 11 is 0. The lowest BCUT2D eigenvalue weighted by Crippen LogP contribution is -2.58. The van der Waals surface area contributed by atoms with Gasteiger partial charge in [-0.3, -0.25) is 0 Å². The lowest BCUT2D eigenvalue weighted by Gasteiger charge is -2.43. The Hall–Kier alpha value is -2.12. The molecule has 0 saturated carbocycles. The zero-order valence-corrected chi connectivity index (χ0v) is 13.6. The number of nitrogens with two attached hydrogens (primary N) is 2. The first-order valence-corrected chi connectivity index (χ1v) is 7.46. The summed E-state index contributed by atoms with van der Waals surface area (Å²) in [6.45, 7) is 3.04. The Kier molecular flexibility index (Phi) is 4.61. The fourth-order valence-electron chi connectivity index (χ4n) is 3.14. The normalized spacial score (nSPS) is 19.4. The number of aryl methyl sites for hydroxylation is 1. The minimum atomic E-state index is -5.59. The highest BCUT2D eigenvalue weighted by Crippen LogP contribution is 2.58.